The molecule has 2 aromatic carbocycles. The molecule has 0 aliphatic heterocycles. The minimum absolute atomic E-state index is 0.223. The van der Waals surface area contributed by atoms with Crippen LogP contribution >= 0.6 is 0 Å². The zero-order chi connectivity index (χ0) is 19.3. The molecular weight excluding hydrogens is 358 g/mol. The molecule has 0 spiro atoms. The molecule has 28 heavy (non-hydrogen) atoms. The van der Waals surface area contributed by atoms with Gasteiger partial charge in [0.25, 0.3) is 5.91 Å². The standard InChI is InChI=1S/C21H17N3O4/c1-14(22-20(25)18-8-5-13-26-18)21-23-19(24-28-21)15-9-11-17(12-10-15)27-16-6-3-2-4-7-16/h2-14H,1H3,(H,22,25). The first-order valence-electron chi connectivity index (χ1n) is 8.70. The van der Waals surface area contributed by atoms with Gasteiger partial charge in [-0.25, -0.2) is 0 Å². The molecule has 2 aromatic heterocycles. The normalized spacial score (nSPS) is 11.8. The summed E-state index contributed by atoms with van der Waals surface area (Å²) in [6.45, 7) is 1.76. The van der Waals surface area contributed by atoms with Crippen molar-refractivity contribution in [1.29, 1.82) is 0 Å². The molecule has 2 heterocycles. The summed E-state index contributed by atoms with van der Waals surface area (Å²) >= 11 is 0. The Kier molecular flexibility index (Phi) is 4.88. The second-order valence-corrected chi connectivity index (χ2v) is 6.07. The lowest BCUT2D eigenvalue weighted by Gasteiger charge is -2.07. The highest BCUT2D eigenvalue weighted by Gasteiger charge is 2.19. The third-order valence-electron chi connectivity index (χ3n) is 4.00. The van der Waals surface area contributed by atoms with Crippen LogP contribution in [0.1, 0.15) is 29.4 Å². The number of carbonyl (C=O) groups excluding carboxylic acids is 1. The Balaban J connectivity index is 1.43. The summed E-state index contributed by atoms with van der Waals surface area (Å²) in [5.74, 6) is 2.08. The van der Waals surface area contributed by atoms with Crippen LogP contribution in [0.25, 0.3) is 11.4 Å². The Hall–Kier alpha value is -3.87. The summed E-state index contributed by atoms with van der Waals surface area (Å²) in [7, 11) is 0. The number of nitrogens with one attached hydrogen (secondary N) is 1. The van der Waals surface area contributed by atoms with E-state index in [1.54, 1.807) is 19.1 Å². The minimum Gasteiger partial charge on any atom is -0.459 e. The van der Waals surface area contributed by atoms with Crippen molar-refractivity contribution in [2.45, 2.75) is 13.0 Å². The fraction of sp³-hybridized carbons (Fsp3) is 0.0952. The van der Waals surface area contributed by atoms with Gasteiger partial charge in [-0.1, -0.05) is 23.4 Å². The van der Waals surface area contributed by atoms with E-state index in [1.165, 1.54) is 6.26 Å². The van der Waals surface area contributed by atoms with Crippen LogP contribution in [0, 0.1) is 0 Å². The number of aromatic nitrogens is 2. The van der Waals surface area contributed by atoms with E-state index in [4.69, 9.17) is 13.7 Å². The lowest BCUT2D eigenvalue weighted by Crippen LogP contribution is -2.26. The molecule has 4 aromatic rings. The minimum atomic E-state index is -0.459. The van der Waals surface area contributed by atoms with Gasteiger partial charge >= 0.3 is 0 Å². The van der Waals surface area contributed by atoms with Gasteiger partial charge in [0.15, 0.2) is 5.76 Å². The molecule has 0 fully saturated rings. The highest BCUT2D eigenvalue weighted by atomic mass is 16.5. The van der Waals surface area contributed by atoms with Crippen molar-refractivity contribution < 1.29 is 18.5 Å². The van der Waals surface area contributed by atoms with Crippen molar-refractivity contribution in [3.8, 4) is 22.9 Å². The number of carbonyl (C=O) groups is 1. The maximum absolute atomic E-state index is 12.0. The summed E-state index contributed by atoms with van der Waals surface area (Å²) in [5, 5.41) is 6.74. The van der Waals surface area contributed by atoms with Crippen molar-refractivity contribution in [2.24, 2.45) is 0 Å². The molecule has 0 saturated heterocycles. The van der Waals surface area contributed by atoms with Crippen LogP contribution in [0.2, 0.25) is 0 Å². The first-order chi connectivity index (χ1) is 13.7. The number of para-hydroxylation sites is 1. The number of furan rings is 1. The predicted octanol–water partition coefficient (Wildman–Crippen LogP) is 4.61. The second kappa shape index (κ2) is 7.79. The average Bonchev–Trinajstić information content (AvgIpc) is 3.42. The van der Waals surface area contributed by atoms with E-state index in [-0.39, 0.29) is 11.7 Å². The number of amides is 1. The van der Waals surface area contributed by atoms with Crippen molar-refractivity contribution in [3.63, 3.8) is 0 Å². The Bertz CT molecular complexity index is 1040. The van der Waals surface area contributed by atoms with E-state index in [1.807, 2.05) is 54.6 Å². The molecule has 7 heteroatoms. The topological polar surface area (TPSA) is 90.4 Å². The van der Waals surface area contributed by atoms with Crippen molar-refractivity contribution in [3.05, 3.63) is 84.6 Å². The first kappa shape index (κ1) is 17.5. The smallest absolute Gasteiger partial charge is 0.287 e. The van der Waals surface area contributed by atoms with Crippen molar-refractivity contribution >= 4 is 5.91 Å². The van der Waals surface area contributed by atoms with Crippen LogP contribution < -0.4 is 10.1 Å². The lowest BCUT2D eigenvalue weighted by molar-refractivity contribution is 0.0904. The fourth-order valence-corrected chi connectivity index (χ4v) is 2.56. The molecule has 0 aliphatic rings. The van der Waals surface area contributed by atoms with Crippen LogP contribution in [-0.2, 0) is 0 Å². The summed E-state index contributed by atoms with van der Waals surface area (Å²) in [5.41, 5.74) is 0.778. The third-order valence-corrected chi connectivity index (χ3v) is 4.00. The third kappa shape index (κ3) is 3.93. The van der Waals surface area contributed by atoms with E-state index in [0.29, 0.717) is 17.5 Å². The summed E-state index contributed by atoms with van der Waals surface area (Å²) in [6.07, 6.45) is 1.44. The van der Waals surface area contributed by atoms with Crippen molar-refractivity contribution in [2.75, 3.05) is 0 Å². The van der Waals surface area contributed by atoms with E-state index in [0.717, 1.165) is 11.3 Å². The highest BCUT2D eigenvalue weighted by Crippen LogP contribution is 2.25. The molecule has 0 aliphatic carbocycles. The van der Waals surface area contributed by atoms with Gasteiger partial charge in [-0.2, -0.15) is 4.98 Å². The van der Waals surface area contributed by atoms with Gasteiger partial charge in [0.2, 0.25) is 11.7 Å². The molecule has 0 saturated carbocycles. The molecule has 1 atom stereocenters. The average molecular weight is 375 g/mol. The molecule has 7 nitrogen and oxygen atoms in total. The fourth-order valence-electron chi connectivity index (χ4n) is 2.56. The van der Waals surface area contributed by atoms with Crippen LogP contribution in [0.4, 0.5) is 0 Å². The Morgan fingerprint density at radius 2 is 1.75 bits per heavy atom. The molecule has 1 amide bonds. The van der Waals surface area contributed by atoms with Gasteiger partial charge < -0.3 is 19.0 Å². The number of benzene rings is 2. The van der Waals surface area contributed by atoms with E-state index < -0.39 is 6.04 Å². The molecule has 0 bridgehead atoms. The van der Waals surface area contributed by atoms with Gasteiger partial charge in [-0.15, -0.1) is 0 Å². The summed E-state index contributed by atoms with van der Waals surface area (Å²) in [6, 6.07) is 19.7. The molecule has 1 unspecified atom stereocenters. The number of hydrogen-bond donors (Lipinski definition) is 1. The molecular formula is C21H17N3O4. The molecule has 1 N–H and O–H groups in total. The largest absolute Gasteiger partial charge is 0.459 e. The first-order valence-corrected chi connectivity index (χ1v) is 8.70. The zero-order valence-electron chi connectivity index (χ0n) is 15.0. The number of hydrogen-bond acceptors (Lipinski definition) is 6. The Morgan fingerprint density at radius 1 is 1.00 bits per heavy atom. The van der Waals surface area contributed by atoms with Crippen LogP contribution in [-0.4, -0.2) is 16.0 Å². The zero-order valence-corrected chi connectivity index (χ0v) is 15.0. The van der Waals surface area contributed by atoms with Crippen molar-refractivity contribution in [1.82, 2.24) is 15.5 Å². The molecule has 4 rings (SSSR count). The number of ether oxygens (including phenoxy) is 1. The maximum Gasteiger partial charge on any atom is 0.287 e. The van der Waals surface area contributed by atoms with E-state index in [2.05, 4.69) is 15.5 Å². The number of rotatable bonds is 6. The van der Waals surface area contributed by atoms with E-state index >= 15 is 0 Å². The summed E-state index contributed by atoms with van der Waals surface area (Å²) < 4.78 is 16.1. The van der Waals surface area contributed by atoms with E-state index in [9.17, 15) is 4.79 Å². The number of nitrogens with zero attached hydrogens (tertiary/aromatic N) is 2. The lowest BCUT2D eigenvalue weighted by atomic mass is 10.2. The van der Waals surface area contributed by atoms with Gasteiger partial charge in [0, 0.05) is 5.56 Å². The van der Waals surface area contributed by atoms with Crippen LogP contribution in [0.3, 0.4) is 0 Å². The summed E-state index contributed by atoms with van der Waals surface area (Å²) in [4.78, 5) is 16.4. The van der Waals surface area contributed by atoms with Crippen LogP contribution in [0.5, 0.6) is 11.5 Å². The van der Waals surface area contributed by atoms with Gasteiger partial charge in [0.1, 0.15) is 17.5 Å². The Morgan fingerprint density at radius 3 is 2.46 bits per heavy atom. The SMILES string of the molecule is CC(NC(=O)c1ccco1)c1nc(-c2ccc(Oc3ccccc3)cc2)no1. The maximum atomic E-state index is 12.0. The highest BCUT2D eigenvalue weighted by molar-refractivity contribution is 5.91. The van der Waals surface area contributed by atoms with Gasteiger partial charge in [0.05, 0.1) is 6.26 Å². The predicted molar refractivity (Wildman–Crippen MR) is 101 cm³/mol. The quantitative estimate of drug-likeness (QED) is 0.529. The van der Waals surface area contributed by atoms with Crippen LogP contribution in [0.15, 0.2) is 81.9 Å². The van der Waals surface area contributed by atoms with Gasteiger partial charge in [-0.05, 0) is 55.5 Å². The molecule has 0 radical (unpaired) electrons. The second-order valence-electron chi connectivity index (χ2n) is 6.07. The monoisotopic (exact) mass is 375 g/mol. The van der Waals surface area contributed by atoms with Gasteiger partial charge in [-0.3, -0.25) is 4.79 Å². The molecule has 140 valence electrons. The Labute approximate surface area is 161 Å².